The summed E-state index contributed by atoms with van der Waals surface area (Å²) in [5, 5.41) is 11.9. The smallest absolute Gasteiger partial charge is 0.242 e. The molecule has 1 N–H and O–H groups in total. The molecule has 0 radical (unpaired) electrons. The van der Waals surface area contributed by atoms with E-state index in [0.717, 1.165) is 17.9 Å². The monoisotopic (exact) mass is 295 g/mol. The van der Waals surface area contributed by atoms with Gasteiger partial charge in [-0.3, -0.25) is 14.2 Å². The van der Waals surface area contributed by atoms with Crippen molar-refractivity contribution in [3.63, 3.8) is 0 Å². The predicted octanol–water partition coefficient (Wildman–Crippen LogP) is 1.94. The third kappa shape index (κ3) is 3.19. The molecule has 7 heteroatoms. The first-order valence-corrected chi connectivity index (χ1v) is 6.89. The van der Waals surface area contributed by atoms with E-state index in [-0.39, 0.29) is 18.5 Å². The SMILES string of the molecule is CCn1ccc(C(C)NC(=O)Cn2ncc(Cl)c2C)n1. The second-order valence-electron chi connectivity index (χ2n) is 4.62. The first-order chi connectivity index (χ1) is 9.51. The Bertz CT molecular complexity index is 604. The van der Waals surface area contributed by atoms with Crippen LogP contribution in [0.15, 0.2) is 18.5 Å². The zero-order chi connectivity index (χ0) is 14.7. The molecule has 0 aromatic carbocycles. The third-order valence-corrected chi connectivity index (χ3v) is 3.51. The zero-order valence-electron chi connectivity index (χ0n) is 11.8. The molecular formula is C13H18ClN5O. The van der Waals surface area contributed by atoms with Gasteiger partial charge in [-0.05, 0) is 26.8 Å². The molecule has 108 valence electrons. The van der Waals surface area contributed by atoms with Crippen LogP contribution >= 0.6 is 11.6 Å². The van der Waals surface area contributed by atoms with Crippen molar-refractivity contribution >= 4 is 17.5 Å². The Morgan fingerprint density at radius 3 is 2.85 bits per heavy atom. The van der Waals surface area contributed by atoms with Crippen molar-refractivity contribution in [2.24, 2.45) is 0 Å². The number of hydrogen-bond acceptors (Lipinski definition) is 3. The van der Waals surface area contributed by atoms with Crippen LogP contribution in [0, 0.1) is 6.92 Å². The van der Waals surface area contributed by atoms with Crippen LogP contribution in [0.1, 0.15) is 31.3 Å². The van der Waals surface area contributed by atoms with Gasteiger partial charge in [0.25, 0.3) is 0 Å². The average molecular weight is 296 g/mol. The van der Waals surface area contributed by atoms with Crippen molar-refractivity contribution in [1.29, 1.82) is 0 Å². The van der Waals surface area contributed by atoms with Gasteiger partial charge in [-0.1, -0.05) is 11.6 Å². The Kier molecular flexibility index (Phi) is 4.44. The number of aromatic nitrogens is 4. The normalized spacial score (nSPS) is 12.4. The van der Waals surface area contributed by atoms with Crippen LogP contribution in [0.2, 0.25) is 5.02 Å². The lowest BCUT2D eigenvalue weighted by Crippen LogP contribution is -2.31. The molecule has 2 heterocycles. The van der Waals surface area contributed by atoms with E-state index < -0.39 is 0 Å². The summed E-state index contributed by atoms with van der Waals surface area (Å²) in [6.45, 7) is 6.71. The van der Waals surface area contributed by atoms with Gasteiger partial charge in [0, 0.05) is 12.7 Å². The van der Waals surface area contributed by atoms with Crippen molar-refractivity contribution in [3.05, 3.63) is 34.9 Å². The lowest BCUT2D eigenvalue weighted by Gasteiger charge is -2.12. The van der Waals surface area contributed by atoms with Crippen LogP contribution in [-0.2, 0) is 17.9 Å². The van der Waals surface area contributed by atoms with Crippen LogP contribution in [-0.4, -0.2) is 25.5 Å². The highest BCUT2D eigenvalue weighted by atomic mass is 35.5. The minimum atomic E-state index is -0.137. The predicted molar refractivity (Wildman–Crippen MR) is 76.4 cm³/mol. The molecule has 20 heavy (non-hydrogen) atoms. The van der Waals surface area contributed by atoms with E-state index in [0.29, 0.717) is 5.02 Å². The molecule has 0 fully saturated rings. The maximum Gasteiger partial charge on any atom is 0.242 e. The fraction of sp³-hybridized carbons (Fsp3) is 0.462. The van der Waals surface area contributed by atoms with E-state index in [4.69, 9.17) is 11.6 Å². The Morgan fingerprint density at radius 2 is 2.30 bits per heavy atom. The molecule has 0 bridgehead atoms. The zero-order valence-corrected chi connectivity index (χ0v) is 12.6. The van der Waals surface area contributed by atoms with E-state index >= 15 is 0 Å². The van der Waals surface area contributed by atoms with Crippen molar-refractivity contribution in [2.45, 2.75) is 39.9 Å². The van der Waals surface area contributed by atoms with Gasteiger partial charge in [-0.15, -0.1) is 0 Å². The van der Waals surface area contributed by atoms with E-state index in [2.05, 4.69) is 15.5 Å². The second-order valence-corrected chi connectivity index (χ2v) is 5.03. The van der Waals surface area contributed by atoms with Gasteiger partial charge >= 0.3 is 0 Å². The lowest BCUT2D eigenvalue weighted by atomic mass is 10.2. The molecule has 2 aromatic rings. The number of halogens is 1. The number of rotatable bonds is 5. The number of carbonyl (C=O) groups excluding carboxylic acids is 1. The largest absolute Gasteiger partial charge is 0.346 e. The summed E-state index contributed by atoms with van der Waals surface area (Å²) in [7, 11) is 0. The van der Waals surface area contributed by atoms with Crippen LogP contribution < -0.4 is 5.32 Å². The minimum absolute atomic E-state index is 0.119. The van der Waals surface area contributed by atoms with Gasteiger partial charge in [0.15, 0.2) is 0 Å². The molecule has 1 unspecified atom stereocenters. The highest BCUT2D eigenvalue weighted by Crippen LogP contribution is 2.13. The molecule has 0 saturated carbocycles. The van der Waals surface area contributed by atoms with Crippen molar-refractivity contribution in [2.75, 3.05) is 0 Å². The molecule has 0 aliphatic carbocycles. The molecule has 1 atom stereocenters. The third-order valence-electron chi connectivity index (χ3n) is 3.14. The van der Waals surface area contributed by atoms with Crippen LogP contribution in [0.5, 0.6) is 0 Å². The van der Waals surface area contributed by atoms with Crippen molar-refractivity contribution < 1.29 is 4.79 Å². The van der Waals surface area contributed by atoms with E-state index in [1.807, 2.05) is 37.7 Å². The maximum absolute atomic E-state index is 12.0. The minimum Gasteiger partial charge on any atom is -0.346 e. The topological polar surface area (TPSA) is 64.7 Å². The van der Waals surface area contributed by atoms with Gasteiger partial charge < -0.3 is 5.32 Å². The summed E-state index contributed by atoms with van der Waals surface area (Å²) in [5.41, 5.74) is 1.63. The average Bonchev–Trinajstić information content (AvgIpc) is 3.01. The van der Waals surface area contributed by atoms with Crippen molar-refractivity contribution in [1.82, 2.24) is 24.9 Å². The Hall–Kier alpha value is -1.82. The summed E-state index contributed by atoms with van der Waals surface area (Å²) < 4.78 is 3.41. The molecule has 2 aromatic heterocycles. The summed E-state index contributed by atoms with van der Waals surface area (Å²) in [4.78, 5) is 12.0. The standard InChI is InChI=1S/C13H18ClN5O/c1-4-18-6-5-12(17-18)9(2)16-13(20)8-19-10(3)11(14)7-15-19/h5-7,9H,4,8H2,1-3H3,(H,16,20). The number of carbonyl (C=O) groups is 1. The molecule has 0 aliphatic heterocycles. The first-order valence-electron chi connectivity index (χ1n) is 6.52. The first kappa shape index (κ1) is 14.6. The second kappa shape index (κ2) is 6.09. The Labute approximate surface area is 122 Å². The summed E-state index contributed by atoms with van der Waals surface area (Å²) >= 11 is 5.91. The molecular weight excluding hydrogens is 278 g/mol. The van der Waals surface area contributed by atoms with Crippen LogP contribution in [0.4, 0.5) is 0 Å². The highest BCUT2D eigenvalue weighted by Gasteiger charge is 2.14. The molecule has 6 nitrogen and oxygen atoms in total. The van der Waals surface area contributed by atoms with E-state index in [9.17, 15) is 4.79 Å². The Balaban J connectivity index is 1.95. The quantitative estimate of drug-likeness (QED) is 0.917. The number of aryl methyl sites for hydroxylation is 1. The number of nitrogens with one attached hydrogen (secondary N) is 1. The fourth-order valence-corrected chi connectivity index (χ4v) is 2.01. The summed E-state index contributed by atoms with van der Waals surface area (Å²) in [6.07, 6.45) is 3.44. The molecule has 0 saturated heterocycles. The van der Waals surface area contributed by atoms with Crippen LogP contribution in [0.25, 0.3) is 0 Å². The lowest BCUT2D eigenvalue weighted by molar-refractivity contribution is -0.122. The molecule has 0 aliphatic rings. The van der Waals surface area contributed by atoms with Crippen LogP contribution in [0.3, 0.4) is 0 Å². The van der Waals surface area contributed by atoms with Gasteiger partial charge in [0.05, 0.1) is 28.6 Å². The fourth-order valence-electron chi connectivity index (χ4n) is 1.86. The molecule has 1 amide bonds. The number of amides is 1. The van der Waals surface area contributed by atoms with Gasteiger partial charge in [-0.2, -0.15) is 10.2 Å². The summed E-state index contributed by atoms with van der Waals surface area (Å²) in [6, 6.07) is 1.77. The molecule has 2 rings (SSSR count). The maximum atomic E-state index is 12.0. The summed E-state index contributed by atoms with van der Waals surface area (Å²) in [5.74, 6) is -0.119. The van der Waals surface area contributed by atoms with E-state index in [1.54, 1.807) is 4.68 Å². The Morgan fingerprint density at radius 1 is 1.55 bits per heavy atom. The highest BCUT2D eigenvalue weighted by molar-refractivity contribution is 6.31. The van der Waals surface area contributed by atoms with Gasteiger partial charge in [0.2, 0.25) is 5.91 Å². The number of hydrogen-bond donors (Lipinski definition) is 1. The van der Waals surface area contributed by atoms with E-state index in [1.165, 1.54) is 6.20 Å². The molecule has 0 spiro atoms. The van der Waals surface area contributed by atoms with Crippen molar-refractivity contribution in [3.8, 4) is 0 Å². The van der Waals surface area contributed by atoms with Gasteiger partial charge in [-0.25, -0.2) is 0 Å². The number of nitrogens with zero attached hydrogens (tertiary/aromatic N) is 4. The van der Waals surface area contributed by atoms with Gasteiger partial charge in [0.1, 0.15) is 6.54 Å².